The lowest BCUT2D eigenvalue weighted by Crippen LogP contribution is -2.51. The summed E-state index contributed by atoms with van der Waals surface area (Å²) in [7, 11) is -3.38. The van der Waals surface area contributed by atoms with Gasteiger partial charge in [0.15, 0.2) is 5.16 Å². The molecule has 1 amide bonds. The molecule has 4 rings (SSSR count). The normalized spacial score (nSPS) is 15.7. The van der Waals surface area contributed by atoms with Crippen molar-refractivity contribution in [3.05, 3.63) is 66.5 Å². The van der Waals surface area contributed by atoms with Crippen molar-refractivity contribution in [2.24, 2.45) is 0 Å². The lowest BCUT2D eigenvalue weighted by Gasteiger charge is -2.34. The maximum absolute atomic E-state index is 12.6. The number of hydrogen-bond acceptors (Lipinski definition) is 5. The highest BCUT2D eigenvalue weighted by molar-refractivity contribution is 7.99. The van der Waals surface area contributed by atoms with Crippen molar-refractivity contribution in [1.29, 1.82) is 0 Å². The van der Waals surface area contributed by atoms with E-state index >= 15 is 0 Å². The van der Waals surface area contributed by atoms with E-state index in [0.29, 0.717) is 26.2 Å². The first-order valence-corrected chi connectivity index (χ1v) is 12.0. The Kier molecular flexibility index (Phi) is 5.89. The van der Waals surface area contributed by atoms with E-state index in [1.807, 2.05) is 59.1 Å². The van der Waals surface area contributed by atoms with Crippen molar-refractivity contribution in [2.45, 2.75) is 10.9 Å². The fourth-order valence-electron chi connectivity index (χ4n) is 3.34. The number of carbonyl (C=O) groups is 1. The number of nitrogens with zero attached hydrogens (tertiary/aromatic N) is 4. The zero-order chi connectivity index (χ0) is 20.3. The van der Waals surface area contributed by atoms with Crippen molar-refractivity contribution in [1.82, 2.24) is 18.6 Å². The maximum atomic E-state index is 12.6. The summed E-state index contributed by atoms with van der Waals surface area (Å²) in [4.78, 5) is 18.7. The molecule has 1 aliphatic heterocycles. The van der Waals surface area contributed by atoms with Crippen molar-refractivity contribution in [3.63, 3.8) is 0 Å². The van der Waals surface area contributed by atoms with Crippen LogP contribution in [0.25, 0.3) is 5.52 Å². The Hall–Kier alpha value is -2.36. The number of aromatic nitrogens is 2. The minimum absolute atomic E-state index is 0.00258. The molecular formula is C20H22N4O3S2. The topological polar surface area (TPSA) is 75.0 Å². The lowest BCUT2D eigenvalue weighted by molar-refractivity contribution is -0.129. The molecule has 0 unspecified atom stereocenters. The summed E-state index contributed by atoms with van der Waals surface area (Å²) in [6, 6.07) is 15.0. The van der Waals surface area contributed by atoms with Gasteiger partial charge >= 0.3 is 0 Å². The van der Waals surface area contributed by atoms with Gasteiger partial charge in [0.05, 0.1) is 23.2 Å². The molecule has 3 heterocycles. The third kappa shape index (κ3) is 4.63. The van der Waals surface area contributed by atoms with Crippen LogP contribution in [0.5, 0.6) is 0 Å². The van der Waals surface area contributed by atoms with Crippen LogP contribution in [-0.2, 0) is 20.6 Å². The van der Waals surface area contributed by atoms with Gasteiger partial charge in [0.1, 0.15) is 0 Å². The number of hydrogen-bond donors (Lipinski definition) is 0. The quantitative estimate of drug-likeness (QED) is 0.560. The van der Waals surface area contributed by atoms with Gasteiger partial charge in [0, 0.05) is 32.4 Å². The second kappa shape index (κ2) is 8.56. The van der Waals surface area contributed by atoms with Gasteiger partial charge < -0.3 is 4.90 Å². The number of fused-ring (bicyclic) bond motifs is 1. The van der Waals surface area contributed by atoms with Crippen molar-refractivity contribution in [2.75, 3.05) is 31.9 Å². The SMILES string of the molecule is O=C(CSc1ncc2ccccn12)N1CCN(S(=O)(=O)Cc2ccccc2)CC1. The Balaban J connectivity index is 1.30. The van der Waals surface area contributed by atoms with E-state index in [-0.39, 0.29) is 17.4 Å². The van der Waals surface area contributed by atoms with Crippen LogP contribution in [0.3, 0.4) is 0 Å². The molecule has 152 valence electrons. The summed E-state index contributed by atoms with van der Waals surface area (Å²) in [5.74, 6) is 0.276. The molecule has 0 N–H and O–H groups in total. The zero-order valence-electron chi connectivity index (χ0n) is 15.8. The predicted octanol–water partition coefficient (Wildman–Crippen LogP) is 2.10. The molecule has 0 bridgehead atoms. The van der Waals surface area contributed by atoms with E-state index in [4.69, 9.17) is 0 Å². The number of thioether (sulfide) groups is 1. The third-order valence-electron chi connectivity index (χ3n) is 4.91. The summed E-state index contributed by atoms with van der Waals surface area (Å²) < 4.78 is 28.7. The van der Waals surface area contributed by atoms with Crippen LogP contribution in [0.15, 0.2) is 66.1 Å². The second-order valence-electron chi connectivity index (χ2n) is 6.85. The average molecular weight is 431 g/mol. The van der Waals surface area contributed by atoms with Crippen LogP contribution in [0.2, 0.25) is 0 Å². The molecule has 0 saturated carbocycles. The lowest BCUT2D eigenvalue weighted by atomic mass is 10.2. The number of sulfonamides is 1. The summed E-state index contributed by atoms with van der Waals surface area (Å²) in [6.45, 7) is 1.49. The Morgan fingerprint density at radius 1 is 1.00 bits per heavy atom. The van der Waals surface area contributed by atoms with E-state index in [9.17, 15) is 13.2 Å². The molecule has 1 aliphatic rings. The Bertz CT molecular complexity index is 1090. The van der Waals surface area contributed by atoms with Gasteiger partial charge in [-0.15, -0.1) is 0 Å². The fraction of sp³-hybridized carbons (Fsp3) is 0.300. The number of carbonyl (C=O) groups excluding carboxylic acids is 1. The van der Waals surface area contributed by atoms with Crippen LogP contribution < -0.4 is 0 Å². The number of rotatable bonds is 6. The summed E-state index contributed by atoms with van der Waals surface area (Å²) >= 11 is 1.40. The minimum atomic E-state index is -3.38. The van der Waals surface area contributed by atoms with Crippen molar-refractivity contribution < 1.29 is 13.2 Å². The van der Waals surface area contributed by atoms with Crippen LogP contribution in [0.4, 0.5) is 0 Å². The molecule has 1 saturated heterocycles. The highest BCUT2D eigenvalue weighted by atomic mass is 32.2. The zero-order valence-corrected chi connectivity index (χ0v) is 17.5. The molecule has 9 heteroatoms. The number of pyridine rings is 1. The van der Waals surface area contributed by atoms with E-state index in [0.717, 1.165) is 16.2 Å². The van der Waals surface area contributed by atoms with Crippen molar-refractivity contribution >= 4 is 33.2 Å². The van der Waals surface area contributed by atoms with Gasteiger partial charge in [0.25, 0.3) is 0 Å². The van der Waals surface area contributed by atoms with Gasteiger partial charge in [-0.2, -0.15) is 4.31 Å². The molecule has 3 aromatic rings. The monoisotopic (exact) mass is 430 g/mol. The second-order valence-corrected chi connectivity index (χ2v) is 9.76. The van der Waals surface area contributed by atoms with E-state index in [2.05, 4.69) is 4.98 Å². The average Bonchev–Trinajstić information content (AvgIpc) is 3.16. The first-order chi connectivity index (χ1) is 14.0. The number of imidazole rings is 1. The molecule has 29 heavy (non-hydrogen) atoms. The molecule has 2 aromatic heterocycles. The van der Waals surface area contributed by atoms with Gasteiger partial charge in [-0.25, -0.2) is 13.4 Å². The minimum Gasteiger partial charge on any atom is -0.339 e. The summed E-state index contributed by atoms with van der Waals surface area (Å²) in [5, 5.41) is 0.776. The third-order valence-corrected chi connectivity index (χ3v) is 7.71. The molecular weight excluding hydrogens is 408 g/mol. The van der Waals surface area contributed by atoms with Gasteiger partial charge in [-0.05, 0) is 17.7 Å². The van der Waals surface area contributed by atoms with Gasteiger partial charge in [-0.1, -0.05) is 48.2 Å². The highest BCUT2D eigenvalue weighted by Gasteiger charge is 2.29. The Labute approximate surface area is 174 Å². The summed E-state index contributed by atoms with van der Waals surface area (Å²) in [5.41, 5.74) is 1.76. The van der Waals surface area contributed by atoms with Crippen LogP contribution in [0, 0.1) is 0 Å². The molecule has 7 nitrogen and oxygen atoms in total. The van der Waals surface area contributed by atoms with Crippen molar-refractivity contribution in [3.8, 4) is 0 Å². The van der Waals surface area contributed by atoms with Gasteiger partial charge in [0.2, 0.25) is 15.9 Å². The Morgan fingerprint density at radius 3 is 2.48 bits per heavy atom. The molecule has 0 radical (unpaired) electrons. The maximum Gasteiger partial charge on any atom is 0.233 e. The first-order valence-electron chi connectivity index (χ1n) is 9.37. The summed E-state index contributed by atoms with van der Waals surface area (Å²) in [6.07, 6.45) is 3.70. The molecule has 0 atom stereocenters. The largest absolute Gasteiger partial charge is 0.339 e. The predicted molar refractivity (Wildman–Crippen MR) is 113 cm³/mol. The van der Waals surface area contributed by atoms with Crippen LogP contribution >= 0.6 is 11.8 Å². The number of amides is 1. The number of piperazine rings is 1. The Morgan fingerprint density at radius 2 is 1.72 bits per heavy atom. The standard InChI is InChI=1S/C20H22N4O3S2/c25-19(15-28-20-21-14-18-8-4-5-9-24(18)20)22-10-12-23(13-11-22)29(26,27)16-17-6-2-1-3-7-17/h1-9,14H,10-13,15-16H2. The number of benzene rings is 1. The highest BCUT2D eigenvalue weighted by Crippen LogP contribution is 2.20. The smallest absolute Gasteiger partial charge is 0.233 e. The van der Waals surface area contributed by atoms with E-state index in [1.165, 1.54) is 16.1 Å². The van der Waals surface area contributed by atoms with E-state index in [1.54, 1.807) is 11.1 Å². The molecule has 1 fully saturated rings. The van der Waals surface area contributed by atoms with Crippen LogP contribution in [-0.4, -0.2) is 64.8 Å². The van der Waals surface area contributed by atoms with Crippen LogP contribution in [0.1, 0.15) is 5.56 Å². The van der Waals surface area contributed by atoms with Gasteiger partial charge in [-0.3, -0.25) is 9.20 Å². The van der Waals surface area contributed by atoms with E-state index < -0.39 is 10.0 Å². The first kappa shape index (κ1) is 19.9. The molecule has 0 aliphatic carbocycles. The fourth-order valence-corrected chi connectivity index (χ4v) is 5.72. The molecule has 1 aromatic carbocycles. The molecule has 0 spiro atoms.